The van der Waals surface area contributed by atoms with E-state index in [1.54, 1.807) is 21.7 Å². The fourth-order valence-corrected chi connectivity index (χ4v) is 4.97. The van der Waals surface area contributed by atoms with Gasteiger partial charge in [-0.1, -0.05) is 11.3 Å². The second kappa shape index (κ2) is 9.07. The van der Waals surface area contributed by atoms with Crippen molar-refractivity contribution in [1.29, 1.82) is 0 Å². The summed E-state index contributed by atoms with van der Waals surface area (Å²) < 4.78 is 7.64. The molecule has 0 unspecified atom stereocenters. The predicted molar refractivity (Wildman–Crippen MR) is 125 cm³/mol. The third-order valence-corrected chi connectivity index (χ3v) is 6.53. The van der Waals surface area contributed by atoms with E-state index in [1.807, 2.05) is 57.4 Å². The molecule has 2 aromatic heterocycles. The molecule has 1 amide bonds. The Morgan fingerprint density at radius 2 is 1.90 bits per heavy atom. The molecule has 0 fully saturated rings. The van der Waals surface area contributed by atoms with Gasteiger partial charge in [-0.3, -0.25) is 9.69 Å². The van der Waals surface area contributed by atoms with Crippen molar-refractivity contribution in [3.05, 3.63) is 47.5 Å². The lowest BCUT2D eigenvalue weighted by Crippen LogP contribution is -2.33. The normalized spacial score (nSPS) is 11.5. The van der Waals surface area contributed by atoms with Crippen LogP contribution >= 0.6 is 22.7 Å². The highest BCUT2D eigenvalue weighted by molar-refractivity contribution is 7.22. The minimum atomic E-state index is -0.0341. The molecule has 8 heteroatoms. The summed E-state index contributed by atoms with van der Waals surface area (Å²) in [7, 11) is 4.08. The number of ether oxygens (including phenoxy) is 1. The van der Waals surface area contributed by atoms with Gasteiger partial charge < -0.3 is 9.64 Å². The molecule has 0 saturated carbocycles. The van der Waals surface area contributed by atoms with Crippen molar-refractivity contribution in [3.8, 4) is 5.75 Å². The minimum absolute atomic E-state index is 0.0341. The number of hydrogen-bond donors (Lipinski definition) is 0. The molecule has 4 rings (SSSR count). The van der Waals surface area contributed by atoms with E-state index in [4.69, 9.17) is 9.72 Å². The van der Waals surface area contributed by atoms with Crippen molar-refractivity contribution < 1.29 is 9.53 Å². The summed E-state index contributed by atoms with van der Waals surface area (Å²) in [6, 6.07) is 11.5. The molecule has 0 radical (unpaired) electrons. The Labute approximate surface area is 183 Å². The van der Waals surface area contributed by atoms with E-state index in [0.717, 1.165) is 39.1 Å². The molecule has 2 aromatic carbocycles. The van der Waals surface area contributed by atoms with E-state index in [0.29, 0.717) is 23.8 Å². The van der Waals surface area contributed by atoms with E-state index < -0.39 is 0 Å². The molecule has 0 N–H and O–H groups in total. The van der Waals surface area contributed by atoms with Crippen LogP contribution < -0.4 is 9.64 Å². The van der Waals surface area contributed by atoms with Crippen LogP contribution in [0.5, 0.6) is 5.75 Å². The highest BCUT2D eigenvalue weighted by Crippen LogP contribution is 2.33. The third-order valence-electron chi connectivity index (χ3n) is 4.70. The topological polar surface area (TPSA) is 58.6 Å². The van der Waals surface area contributed by atoms with Gasteiger partial charge in [0.2, 0.25) is 0 Å². The van der Waals surface area contributed by atoms with Gasteiger partial charge in [-0.2, -0.15) is 0 Å². The Kier molecular flexibility index (Phi) is 6.26. The van der Waals surface area contributed by atoms with Crippen molar-refractivity contribution in [3.63, 3.8) is 0 Å². The Hall–Kier alpha value is -2.55. The first-order valence-corrected chi connectivity index (χ1v) is 11.6. The van der Waals surface area contributed by atoms with E-state index in [2.05, 4.69) is 9.88 Å². The summed E-state index contributed by atoms with van der Waals surface area (Å²) in [5.74, 6) is 0.787. The molecular formula is C22H24N4O2S2. The number of nitrogens with zero attached hydrogens (tertiary/aromatic N) is 4. The minimum Gasteiger partial charge on any atom is -0.494 e. The molecule has 0 saturated heterocycles. The molecule has 0 atom stereocenters. The van der Waals surface area contributed by atoms with Crippen LogP contribution in [0.15, 0.2) is 41.9 Å². The molecule has 2 heterocycles. The SMILES string of the molecule is CCOc1ccc2nc(N(CCCN(C)C)C(=O)c3ccc4ncsc4c3)sc2c1. The van der Waals surface area contributed by atoms with Crippen LogP contribution in [-0.2, 0) is 0 Å². The maximum absolute atomic E-state index is 13.5. The van der Waals surface area contributed by atoms with Crippen molar-refractivity contribution >= 4 is 54.1 Å². The highest BCUT2D eigenvalue weighted by atomic mass is 32.1. The smallest absolute Gasteiger partial charge is 0.260 e. The van der Waals surface area contributed by atoms with Crippen LogP contribution in [0.2, 0.25) is 0 Å². The summed E-state index contributed by atoms with van der Waals surface area (Å²) in [6.45, 7) is 4.09. The summed E-state index contributed by atoms with van der Waals surface area (Å²) in [5, 5.41) is 0.715. The number of amides is 1. The number of anilines is 1. The van der Waals surface area contributed by atoms with E-state index in [1.165, 1.54) is 11.3 Å². The molecule has 0 aliphatic carbocycles. The van der Waals surface area contributed by atoms with Gasteiger partial charge >= 0.3 is 0 Å². The number of hydrogen-bond acceptors (Lipinski definition) is 7. The average molecular weight is 441 g/mol. The zero-order valence-electron chi connectivity index (χ0n) is 17.3. The maximum Gasteiger partial charge on any atom is 0.260 e. The summed E-state index contributed by atoms with van der Waals surface area (Å²) in [5.41, 5.74) is 4.25. The molecular weight excluding hydrogens is 416 g/mol. The summed E-state index contributed by atoms with van der Waals surface area (Å²) in [4.78, 5) is 26.5. The number of aromatic nitrogens is 2. The van der Waals surface area contributed by atoms with Crippen molar-refractivity contribution in [1.82, 2.24) is 14.9 Å². The monoisotopic (exact) mass is 440 g/mol. The van der Waals surface area contributed by atoms with Gasteiger partial charge in [0.25, 0.3) is 5.91 Å². The Balaban J connectivity index is 1.67. The summed E-state index contributed by atoms with van der Waals surface area (Å²) >= 11 is 3.07. The van der Waals surface area contributed by atoms with Gasteiger partial charge in [0.1, 0.15) is 5.75 Å². The van der Waals surface area contributed by atoms with Gasteiger partial charge in [0.15, 0.2) is 5.13 Å². The number of benzene rings is 2. The first kappa shape index (κ1) is 20.7. The fourth-order valence-electron chi connectivity index (χ4n) is 3.24. The number of fused-ring (bicyclic) bond motifs is 2. The fraction of sp³-hybridized carbons (Fsp3) is 0.318. The Morgan fingerprint density at radius 3 is 2.70 bits per heavy atom. The van der Waals surface area contributed by atoms with Crippen LogP contribution in [0.3, 0.4) is 0 Å². The lowest BCUT2D eigenvalue weighted by molar-refractivity contribution is 0.0986. The third kappa shape index (κ3) is 4.45. The van der Waals surface area contributed by atoms with Crippen LogP contribution in [0.1, 0.15) is 23.7 Å². The largest absolute Gasteiger partial charge is 0.494 e. The Bertz CT molecular complexity index is 1170. The number of carbonyl (C=O) groups excluding carboxylic acids is 1. The molecule has 30 heavy (non-hydrogen) atoms. The lowest BCUT2D eigenvalue weighted by atomic mass is 10.2. The zero-order valence-corrected chi connectivity index (χ0v) is 18.9. The summed E-state index contributed by atoms with van der Waals surface area (Å²) in [6.07, 6.45) is 0.863. The van der Waals surface area contributed by atoms with Gasteiger partial charge in [-0.25, -0.2) is 9.97 Å². The van der Waals surface area contributed by atoms with Gasteiger partial charge in [0.05, 0.1) is 32.6 Å². The van der Waals surface area contributed by atoms with Crippen LogP contribution in [0, 0.1) is 0 Å². The molecule has 0 bridgehead atoms. The number of rotatable bonds is 8. The molecule has 6 nitrogen and oxygen atoms in total. The van der Waals surface area contributed by atoms with E-state index in [9.17, 15) is 4.79 Å². The van der Waals surface area contributed by atoms with Crippen molar-refractivity contribution in [2.24, 2.45) is 0 Å². The van der Waals surface area contributed by atoms with E-state index >= 15 is 0 Å². The second-order valence-electron chi connectivity index (χ2n) is 7.21. The van der Waals surface area contributed by atoms with Crippen molar-refractivity contribution in [2.75, 3.05) is 38.7 Å². The van der Waals surface area contributed by atoms with Crippen LogP contribution in [0.4, 0.5) is 5.13 Å². The van der Waals surface area contributed by atoms with Crippen molar-refractivity contribution in [2.45, 2.75) is 13.3 Å². The lowest BCUT2D eigenvalue weighted by Gasteiger charge is -2.21. The molecule has 0 aliphatic heterocycles. The molecule has 4 aromatic rings. The molecule has 156 valence electrons. The number of carbonyl (C=O) groups is 1. The van der Waals surface area contributed by atoms with Crippen LogP contribution in [-0.4, -0.2) is 54.6 Å². The second-order valence-corrected chi connectivity index (χ2v) is 9.10. The first-order valence-electron chi connectivity index (χ1n) is 9.88. The maximum atomic E-state index is 13.5. The Morgan fingerprint density at radius 1 is 1.07 bits per heavy atom. The van der Waals surface area contributed by atoms with E-state index in [-0.39, 0.29) is 5.91 Å². The quantitative estimate of drug-likeness (QED) is 0.390. The zero-order chi connectivity index (χ0) is 21.1. The number of thiazole rings is 2. The first-order chi connectivity index (χ1) is 14.5. The molecule has 0 aliphatic rings. The van der Waals surface area contributed by atoms with Gasteiger partial charge in [0, 0.05) is 12.1 Å². The molecule has 0 spiro atoms. The predicted octanol–water partition coefficient (Wildman–Crippen LogP) is 4.90. The highest BCUT2D eigenvalue weighted by Gasteiger charge is 2.22. The van der Waals surface area contributed by atoms with Gasteiger partial charge in [-0.05, 0) is 70.4 Å². The average Bonchev–Trinajstić information content (AvgIpc) is 3.36. The standard InChI is InChI=1S/C22H24N4O2S2/c1-4-28-16-7-9-18-20(13-16)30-22(24-18)26(11-5-10-25(2)3)21(27)15-6-8-17-19(12-15)29-14-23-17/h6-9,12-14H,4-5,10-11H2,1-3H3. The van der Waals surface area contributed by atoms with Gasteiger partial charge in [-0.15, -0.1) is 11.3 Å². The van der Waals surface area contributed by atoms with Crippen LogP contribution in [0.25, 0.3) is 20.4 Å².